The summed E-state index contributed by atoms with van der Waals surface area (Å²) in [6, 6.07) is 8.16. The van der Waals surface area contributed by atoms with Crippen LogP contribution >= 0.6 is 22.6 Å². The Morgan fingerprint density at radius 1 is 1.09 bits per heavy atom. The number of aryl methyl sites for hydroxylation is 2. The van der Waals surface area contributed by atoms with Crippen LogP contribution in [0.3, 0.4) is 0 Å². The molecule has 0 unspecified atom stereocenters. The molecule has 0 amide bonds. The van der Waals surface area contributed by atoms with Gasteiger partial charge in [0.15, 0.2) is 15.0 Å². The first-order valence-electron chi connectivity index (χ1n) is 6.77. The first-order chi connectivity index (χ1) is 10.4. The predicted octanol–water partition coefficient (Wildman–Crippen LogP) is 1.40. The molecule has 0 aliphatic carbocycles. The number of benzene rings is 1. The normalized spacial score (nSPS) is 11.3. The average Bonchev–Trinajstić information content (AvgIpc) is 2.82. The maximum Gasteiger partial charge on any atom is 0.332 e. The second kappa shape index (κ2) is 5.38. The highest BCUT2D eigenvalue weighted by molar-refractivity contribution is 14.1. The molecule has 114 valence electrons. The van der Waals surface area contributed by atoms with E-state index in [1.54, 1.807) is 7.05 Å². The quantitative estimate of drug-likeness (QED) is 0.474. The van der Waals surface area contributed by atoms with Crippen molar-refractivity contribution >= 4 is 33.8 Å². The Morgan fingerprint density at radius 3 is 2.36 bits per heavy atom. The molecule has 2 aromatic heterocycles. The number of halogens is 1. The summed E-state index contributed by atoms with van der Waals surface area (Å²) < 4.78 is 5.14. The van der Waals surface area contributed by atoms with E-state index < -0.39 is 0 Å². The van der Waals surface area contributed by atoms with Crippen molar-refractivity contribution in [2.45, 2.75) is 13.5 Å². The van der Waals surface area contributed by atoms with E-state index in [-0.39, 0.29) is 11.2 Å². The average molecular weight is 410 g/mol. The lowest BCUT2D eigenvalue weighted by atomic mass is 10.1. The fourth-order valence-corrected chi connectivity index (χ4v) is 3.12. The third-order valence-electron chi connectivity index (χ3n) is 3.75. The van der Waals surface area contributed by atoms with Crippen molar-refractivity contribution in [3.63, 3.8) is 0 Å². The minimum absolute atomic E-state index is 0.320. The lowest BCUT2D eigenvalue weighted by Gasteiger charge is -2.10. The van der Waals surface area contributed by atoms with Crippen molar-refractivity contribution in [3.8, 4) is 0 Å². The van der Waals surface area contributed by atoms with Gasteiger partial charge in [-0.15, -0.1) is 0 Å². The Morgan fingerprint density at radius 2 is 1.73 bits per heavy atom. The molecule has 6 nitrogen and oxygen atoms in total. The fraction of sp³-hybridized carbons (Fsp3) is 0.267. The smallest absolute Gasteiger partial charge is 0.301 e. The van der Waals surface area contributed by atoms with Crippen molar-refractivity contribution in [1.29, 1.82) is 0 Å². The van der Waals surface area contributed by atoms with Crippen molar-refractivity contribution in [2.75, 3.05) is 0 Å². The van der Waals surface area contributed by atoms with E-state index in [1.165, 1.54) is 17.2 Å². The van der Waals surface area contributed by atoms with Gasteiger partial charge in [-0.2, -0.15) is 0 Å². The fourth-order valence-electron chi connectivity index (χ4n) is 2.48. The minimum Gasteiger partial charge on any atom is -0.301 e. The molecule has 3 aromatic rings. The van der Waals surface area contributed by atoms with E-state index in [9.17, 15) is 9.59 Å². The summed E-state index contributed by atoms with van der Waals surface area (Å²) in [7, 11) is 3.13. The summed E-state index contributed by atoms with van der Waals surface area (Å²) in [5.74, 6) is 0. The van der Waals surface area contributed by atoms with Crippen molar-refractivity contribution in [2.24, 2.45) is 14.1 Å². The number of rotatable bonds is 2. The highest BCUT2D eigenvalue weighted by atomic mass is 127. The molecule has 7 heteroatoms. The molecular formula is C15H15IN4O2. The number of hydrogen-bond donors (Lipinski definition) is 0. The van der Waals surface area contributed by atoms with Crippen LogP contribution < -0.4 is 11.2 Å². The topological polar surface area (TPSA) is 61.8 Å². The Balaban J connectivity index is 2.26. The molecule has 0 bridgehead atoms. The van der Waals surface area contributed by atoms with Crippen LogP contribution in [0.25, 0.3) is 11.2 Å². The molecule has 2 heterocycles. The van der Waals surface area contributed by atoms with Crippen LogP contribution in [-0.4, -0.2) is 18.7 Å². The first kappa shape index (κ1) is 15.0. The van der Waals surface area contributed by atoms with Gasteiger partial charge in [0, 0.05) is 36.7 Å². The van der Waals surface area contributed by atoms with E-state index in [0.717, 1.165) is 10.1 Å². The van der Waals surface area contributed by atoms with Crippen molar-refractivity contribution < 1.29 is 0 Å². The second-order valence-electron chi connectivity index (χ2n) is 5.33. The predicted molar refractivity (Wildman–Crippen MR) is 93.2 cm³/mol. The van der Waals surface area contributed by atoms with Crippen LogP contribution in [0.5, 0.6) is 0 Å². The van der Waals surface area contributed by atoms with Gasteiger partial charge in [0.25, 0.3) is 5.56 Å². The third kappa shape index (κ3) is 2.29. The van der Waals surface area contributed by atoms with Crippen molar-refractivity contribution in [3.05, 3.63) is 60.1 Å². The van der Waals surface area contributed by atoms with Crippen LogP contribution in [0.2, 0.25) is 0 Å². The molecule has 22 heavy (non-hydrogen) atoms. The third-order valence-corrected chi connectivity index (χ3v) is 4.58. The van der Waals surface area contributed by atoms with Gasteiger partial charge in [0.1, 0.15) is 0 Å². The van der Waals surface area contributed by atoms with Crippen LogP contribution in [-0.2, 0) is 20.6 Å². The second-order valence-corrected chi connectivity index (χ2v) is 6.30. The highest BCUT2D eigenvalue weighted by Crippen LogP contribution is 2.16. The molecule has 0 aliphatic rings. The maximum atomic E-state index is 12.2. The monoisotopic (exact) mass is 410 g/mol. The molecule has 0 N–H and O–H groups in total. The van der Waals surface area contributed by atoms with Gasteiger partial charge in [-0.25, -0.2) is 9.78 Å². The van der Waals surface area contributed by atoms with E-state index in [2.05, 4.69) is 27.6 Å². The lowest BCUT2D eigenvalue weighted by Crippen LogP contribution is -2.37. The molecule has 3 rings (SSSR count). The van der Waals surface area contributed by atoms with Crippen LogP contribution in [0, 0.1) is 10.8 Å². The molecule has 0 radical (unpaired) electrons. The zero-order valence-electron chi connectivity index (χ0n) is 12.5. The minimum atomic E-state index is -0.362. The highest BCUT2D eigenvalue weighted by Gasteiger charge is 2.17. The number of hydrogen-bond acceptors (Lipinski definition) is 3. The molecule has 0 spiro atoms. The van der Waals surface area contributed by atoms with Gasteiger partial charge in [-0.3, -0.25) is 13.9 Å². The number of imidazole rings is 1. The summed E-state index contributed by atoms with van der Waals surface area (Å²) in [6.07, 6.45) is 0. The Bertz CT molecular complexity index is 980. The summed E-state index contributed by atoms with van der Waals surface area (Å²) in [4.78, 5) is 28.7. The van der Waals surface area contributed by atoms with Gasteiger partial charge >= 0.3 is 5.69 Å². The molecule has 1 aromatic carbocycles. The molecule has 0 saturated carbocycles. The van der Waals surface area contributed by atoms with E-state index in [4.69, 9.17) is 0 Å². The molecular weight excluding hydrogens is 395 g/mol. The number of nitrogens with zero attached hydrogens (tertiary/aromatic N) is 4. The summed E-state index contributed by atoms with van der Waals surface area (Å²) in [6.45, 7) is 2.60. The molecule has 0 saturated heterocycles. The van der Waals surface area contributed by atoms with E-state index in [1.807, 2.05) is 35.8 Å². The number of aromatic nitrogens is 4. The summed E-state index contributed by atoms with van der Waals surface area (Å²) in [5, 5.41) is 0. The summed E-state index contributed by atoms with van der Waals surface area (Å²) >= 11 is 2.09. The zero-order valence-corrected chi connectivity index (χ0v) is 14.7. The van der Waals surface area contributed by atoms with Gasteiger partial charge < -0.3 is 4.57 Å². The van der Waals surface area contributed by atoms with E-state index in [0.29, 0.717) is 21.5 Å². The zero-order chi connectivity index (χ0) is 16.0. The standard InChI is InChI=1S/C15H15IN4O2/c1-9-4-6-10(7-5-9)8-20-12-11(17-14(20)16)13(21)19(3)15(22)18(12)2/h4-7H,8H2,1-3H3. The summed E-state index contributed by atoms with van der Waals surface area (Å²) in [5.41, 5.74) is 2.45. The van der Waals surface area contributed by atoms with Crippen molar-refractivity contribution in [1.82, 2.24) is 18.7 Å². The largest absolute Gasteiger partial charge is 0.332 e. The Labute approximate surface area is 140 Å². The van der Waals surface area contributed by atoms with Crippen LogP contribution in [0.1, 0.15) is 11.1 Å². The molecule has 0 atom stereocenters. The lowest BCUT2D eigenvalue weighted by molar-refractivity contribution is 0.684. The molecule has 0 fully saturated rings. The SMILES string of the molecule is Cc1ccc(Cn2c(I)nc3c(=O)n(C)c(=O)n(C)c32)cc1. The first-order valence-corrected chi connectivity index (χ1v) is 7.85. The number of fused-ring (bicyclic) bond motifs is 1. The maximum absolute atomic E-state index is 12.2. The Hall–Kier alpha value is -1.90. The Kier molecular flexibility index (Phi) is 3.67. The molecule has 0 aliphatic heterocycles. The van der Waals surface area contributed by atoms with Gasteiger partial charge in [-0.05, 0) is 12.5 Å². The van der Waals surface area contributed by atoms with Gasteiger partial charge in [0.2, 0.25) is 0 Å². The van der Waals surface area contributed by atoms with E-state index >= 15 is 0 Å². The van der Waals surface area contributed by atoms with Crippen LogP contribution in [0.15, 0.2) is 33.9 Å². The van der Waals surface area contributed by atoms with Gasteiger partial charge in [0.05, 0.1) is 6.54 Å². The van der Waals surface area contributed by atoms with Crippen LogP contribution in [0.4, 0.5) is 0 Å². The van der Waals surface area contributed by atoms with Gasteiger partial charge in [-0.1, -0.05) is 29.8 Å².